The molecule has 2 aliphatic rings. The number of nitrogens with zero attached hydrogens (tertiary/aromatic N) is 3. The van der Waals surface area contributed by atoms with E-state index in [0.29, 0.717) is 23.9 Å². The molecule has 7 rings (SSSR count). The molecule has 8 heteroatoms. The van der Waals surface area contributed by atoms with Crippen LogP contribution in [0.2, 0.25) is 0 Å². The first kappa shape index (κ1) is 28.3. The molecule has 0 bridgehead atoms. The van der Waals surface area contributed by atoms with Gasteiger partial charge in [0.2, 0.25) is 0 Å². The van der Waals surface area contributed by atoms with Crippen molar-refractivity contribution in [1.29, 1.82) is 0 Å². The van der Waals surface area contributed by atoms with Gasteiger partial charge in [-0.2, -0.15) is 0 Å². The first-order valence-electron chi connectivity index (χ1n) is 14.8. The minimum atomic E-state index is -0.786. The van der Waals surface area contributed by atoms with Crippen molar-refractivity contribution in [2.45, 2.75) is 25.6 Å². The smallest absolute Gasteiger partial charge is 0.276 e. The fraction of sp³-hybridized carbons (Fsp3) is 0.135. The van der Waals surface area contributed by atoms with Crippen LogP contribution in [0.4, 0.5) is 0 Å². The number of aliphatic hydroxyl groups excluding tert-OH is 1. The zero-order valence-corrected chi connectivity index (χ0v) is 24.3. The molecule has 0 aromatic heterocycles. The van der Waals surface area contributed by atoms with Gasteiger partial charge in [0, 0.05) is 35.0 Å². The molecule has 5 aromatic carbocycles. The van der Waals surface area contributed by atoms with Gasteiger partial charge in [0.1, 0.15) is 0 Å². The lowest BCUT2D eigenvalue weighted by Crippen LogP contribution is -2.52. The van der Waals surface area contributed by atoms with Crippen LogP contribution in [0.5, 0.6) is 0 Å². The van der Waals surface area contributed by atoms with Gasteiger partial charge in [-0.25, -0.2) is 10.0 Å². The van der Waals surface area contributed by atoms with Crippen molar-refractivity contribution < 1.29 is 24.3 Å². The van der Waals surface area contributed by atoms with Gasteiger partial charge in [-0.05, 0) is 47.4 Å². The molecule has 0 fully saturated rings. The predicted octanol–water partition coefficient (Wildman–Crippen LogP) is 5.25. The van der Waals surface area contributed by atoms with E-state index in [2.05, 4.69) is 0 Å². The molecular formula is C37H29N3O5. The highest BCUT2D eigenvalue weighted by Gasteiger charge is 2.43. The molecule has 0 radical (unpaired) electrons. The highest BCUT2D eigenvalue weighted by molar-refractivity contribution is 6.33. The monoisotopic (exact) mass is 595 g/mol. The molecule has 1 N–H and O–H groups in total. The first-order chi connectivity index (χ1) is 22.0. The third-order valence-corrected chi connectivity index (χ3v) is 8.49. The minimum Gasteiger partial charge on any atom is -0.394 e. The van der Waals surface area contributed by atoms with Crippen molar-refractivity contribution in [2.75, 3.05) is 6.61 Å². The summed E-state index contributed by atoms with van der Waals surface area (Å²) in [5.41, 5.74) is 3.65. The van der Waals surface area contributed by atoms with Crippen LogP contribution < -0.4 is 0 Å². The highest BCUT2D eigenvalue weighted by Crippen LogP contribution is 2.39. The standard InChI is InChI=1S/C37H29N3O5/c41-23-27(20-24-10-4-1-5-11-24)39-34(42)28-16-18-30-33-31(19-17-29(32(28)33)35(39)43)37(45)40(36(30)44)38(21-25-12-6-2-7-13-25)22-26-14-8-3-9-15-26/h1-19,27,41H,20-23H2. The van der Waals surface area contributed by atoms with Crippen LogP contribution in [0.15, 0.2) is 115 Å². The summed E-state index contributed by atoms with van der Waals surface area (Å²) in [6.45, 7) is 0.196. The molecule has 0 aliphatic carbocycles. The Labute approximate surface area is 259 Å². The second kappa shape index (κ2) is 11.6. The molecule has 8 nitrogen and oxygen atoms in total. The van der Waals surface area contributed by atoms with E-state index in [0.717, 1.165) is 21.6 Å². The molecule has 0 saturated heterocycles. The van der Waals surface area contributed by atoms with E-state index >= 15 is 0 Å². The quantitative estimate of drug-likeness (QED) is 0.234. The molecule has 2 heterocycles. The second-order valence-electron chi connectivity index (χ2n) is 11.3. The van der Waals surface area contributed by atoms with E-state index in [-0.39, 0.29) is 28.7 Å². The van der Waals surface area contributed by atoms with Gasteiger partial charge in [-0.1, -0.05) is 91.0 Å². The Bertz CT molecular complexity index is 1850. The van der Waals surface area contributed by atoms with Gasteiger partial charge >= 0.3 is 0 Å². The molecule has 45 heavy (non-hydrogen) atoms. The van der Waals surface area contributed by atoms with E-state index in [1.54, 1.807) is 29.3 Å². The van der Waals surface area contributed by atoms with E-state index in [1.165, 1.54) is 5.01 Å². The fourth-order valence-electron chi connectivity index (χ4n) is 6.38. The van der Waals surface area contributed by atoms with Gasteiger partial charge < -0.3 is 5.11 Å². The van der Waals surface area contributed by atoms with E-state index in [4.69, 9.17) is 0 Å². The van der Waals surface area contributed by atoms with Crippen LogP contribution in [0.1, 0.15) is 58.1 Å². The number of aliphatic hydroxyl groups is 1. The van der Waals surface area contributed by atoms with Gasteiger partial charge in [0.15, 0.2) is 0 Å². The normalized spacial score (nSPS) is 14.9. The maximum Gasteiger partial charge on any atom is 0.276 e. The van der Waals surface area contributed by atoms with Gasteiger partial charge in [-0.15, -0.1) is 0 Å². The molecule has 222 valence electrons. The predicted molar refractivity (Wildman–Crippen MR) is 168 cm³/mol. The SMILES string of the molecule is O=C1c2ccc3c4c(ccc(c24)C(=O)N1C(CO)Cc1ccccc1)C(=O)N(N(Cc1ccccc1)Cc1ccccc1)C3=O. The first-order valence-corrected chi connectivity index (χ1v) is 14.8. The number of amides is 4. The van der Waals surface area contributed by atoms with Crippen LogP contribution >= 0.6 is 0 Å². The summed E-state index contributed by atoms with van der Waals surface area (Å²) >= 11 is 0. The summed E-state index contributed by atoms with van der Waals surface area (Å²) in [6, 6.07) is 34.0. The maximum atomic E-state index is 14.2. The number of hydrogen-bond acceptors (Lipinski definition) is 6. The Balaban J connectivity index is 1.29. The molecule has 1 atom stereocenters. The summed E-state index contributed by atoms with van der Waals surface area (Å²) in [4.78, 5) is 57.3. The maximum absolute atomic E-state index is 14.2. The van der Waals surface area contributed by atoms with Crippen LogP contribution in [-0.2, 0) is 19.5 Å². The van der Waals surface area contributed by atoms with Crippen LogP contribution in [0.3, 0.4) is 0 Å². The number of benzene rings is 5. The van der Waals surface area contributed by atoms with Gasteiger partial charge in [0.05, 0.1) is 23.8 Å². The third-order valence-electron chi connectivity index (χ3n) is 8.49. The number of carbonyl (C=O) groups is 4. The van der Waals surface area contributed by atoms with E-state index in [9.17, 15) is 24.3 Å². The van der Waals surface area contributed by atoms with Crippen molar-refractivity contribution >= 4 is 34.4 Å². The minimum absolute atomic E-state index is 0.219. The zero-order chi connectivity index (χ0) is 31.1. The molecule has 0 spiro atoms. The summed E-state index contributed by atoms with van der Waals surface area (Å²) in [7, 11) is 0. The largest absolute Gasteiger partial charge is 0.394 e. The second-order valence-corrected chi connectivity index (χ2v) is 11.3. The Morgan fingerprint density at radius 2 is 0.889 bits per heavy atom. The lowest BCUT2D eigenvalue weighted by atomic mass is 9.85. The summed E-state index contributed by atoms with van der Waals surface area (Å²) in [5.74, 6) is -2.18. The third kappa shape index (κ3) is 4.90. The van der Waals surface area contributed by atoms with Crippen molar-refractivity contribution in [3.63, 3.8) is 0 Å². The fourth-order valence-corrected chi connectivity index (χ4v) is 6.38. The lowest BCUT2D eigenvalue weighted by Gasteiger charge is -2.38. The summed E-state index contributed by atoms with van der Waals surface area (Å²) in [5, 5.41) is 13.8. The Kier molecular flexibility index (Phi) is 7.29. The Morgan fingerprint density at radius 3 is 1.29 bits per heavy atom. The van der Waals surface area contributed by atoms with E-state index in [1.807, 2.05) is 91.0 Å². The van der Waals surface area contributed by atoms with E-state index < -0.39 is 36.3 Å². The van der Waals surface area contributed by atoms with Crippen molar-refractivity contribution in [3.8, 4) is 0 Å². The van der Waals surface area contributed by atoms with Crippen LogP contribution in [0.25, 0.3) is 10.8 Å². The molecule has 5 aromatic rings. The molecule has 4 amide bonds. The molecule has 1 unspecified atom stereocenters. The molecule has 2 aliphatic heterocycles. The Hall–Kier alpha value is -5.44. The number of hydrazine groups is 1. The number of imide groups is 2. The van der Waals surface area contributed by atoms with Crippen LogP contribution in [0, 0.1) is 0 Å². The van der Waals surface area contributed by atoms with Gasteiger partial charge in [0.25, 0.3) is 23.6 Å². The number of hydrogen-bond donors (Lipinski definition) is 1. The molecule has 0 saturated carbocycles. The average molecular weight is 596 g/mol. The summed E-state index contributed by atoms with van der Waals surface area (Å²) < 4.78 is 0. The van der Waals surface area contributed by atoms with Crippen molar-refractivity contribution in [3.05, 3.63) is 154 Å². The topological polar surface area (TPSA) is 98.2 Å². The van der Waals surface area contributed by atoms with Crippen LogP contribution in [-0.4, -0.2) is 56.3 Å². The lowest BCUT2D eigenvalue weighted by molar-refractivity contribution is -0.0120. The van der Waals surface area contributed by atoms with Crippen molar-refractivity contribution in [2.24, 2.45) is 0 Å². The van der Waals surface area contributed by atoms with Crippen molar-refractivity contribution in [1.82, 2.24) is 14.9 Å². The molecular weight excluding hydrogens is 566 g/mol. The zero-order valence-electron chi connectivity index (χ0n) is 24.3. The average Bonchev–Trinajstić information content (AvgIpc) is 3.07. The number of rotatable bonds is 9. The Morgan fingerprint density at radius 1 is 0.511 bits per heavy atom. The number of carbonyl (C=O) groups excluding carboxylic acids is 4. The highest BCUT2D eigenvalue weighted by atomic mass is 16.3. The van der Waals surface area contributed by atoms with Gasteiger partial charge in [-0.3, -0.25) is 24.1 Å². The summed E-state index contributed by atoms with van der Waals surface area (Å²) in [6.07, 6.45) is 0.286.